The van der Waals surface area contributed by atoms with E-state index in [2.05, 4.69) is 17.4 Å². The van der Waals surface area contributed by atoms with Crippen molar-refractivity contribution >= 4 is 11.8 Å². The lowest BCUT2D eigenvalue weighted by Crippen LogP contribution is -2.52. The van der Waals surface area contributed by atoms with Crippen LogP contribution >= 0.6 is 0 Å². The number of hydrazine groups is 1. The molecule has 3 N–H and O–H groups in total. The van der Waals surface area contributed by atoms with Gasteiger partial charge < -0.3 is 28.8 Å². The van der Waals surface area contributed by atoms with E-state index >= 15 is 0 Å². The SMILES string of the molecule is C=CC[C@]1(C(=O)NNCc2ccc(OC)cc2OC)N=C(c2ccc(OCCCO)cc2)O[C@H]1c1cccc(OC)c1. The third-order valence-corrected chi connectivity index (χ3v) is 6.86. The molecule has 3 aromatic rings. The summed E-state index contributed by atoms with van der Waals surface area (Å²) in [5.74, 6) is 2.51. The molecule has 0 aliphatic carbocycles. The molecule has 1 heterocycles. The molecule has 0 spiro atoms. The predicted molar refractivity (Wildman–Crippen MR) is 159 cm³/mol. The highest BCUT2D eigenvalue weighted by molar-refractivity contribution is 6.01. The number of nitrogens with one attached hydrogen (secondary N) is 2. The maximum absolute atomic E-state index is 14.0. The second kappa shape index (κ2) is 14.4. The largest absolute Gasteiger partial charge is 0.497 e. The molecule has 0 fully saturated rings. The van der Waals surface area contributed by atoms with Crippen LogP contribution in [0.5, 0.6) is 23.0 Å². The van der Waals surface area contributed by atoms with Gasteiger partial charge in [-0.1, -0.05) is 24.3 Å². The van der Waals surface area contributed by atoms with Crippen LogP contribution in [-0.2, 0) is 16.1 Å². The van der Waals surface area contributed by atoms with Crippen molar-refractivity contribution in [3.8, 4) is 23.0 Å². The number of methoxy groups -OCH3 is 3. The number of benzene rings is 3. The number of aliphatic hydroxyl groups excluding tert-OH is 1. The Kier molecular flexibility index (Phi) is 10.4. The zero-order valence-corrected chi connectivity index (χ0v) is 24.1. The lowest BCUT2D eigenvalue weighted by Gasteiger charge is -2.30. The number of rotatable bonds is 15. The standard InChI is InChI=1S/C32H37N3O7/c1-5-16-32(31(37)35-33-21-24-12-15-27(39-3)20-28(24)40-4)29(23-8-6-9-26(19-23)38-2)42-30(34-32)22-10-13-25(14-11-22)41-18-7-17-36/h5-6,8-15,19-20,29,33,36H,1,7,16-18,21H2,2-4H3,(H,35,37)/t29-,32-/m0/s1. The summed E-state index contributed by atoms with van der Waals surface area (Å²) in [5.41, 5.74) is 6.73. The van der Waals surface area contributed by atoms with E-state index in [4.69, 9.17) is 33.8 Å². The predicted octanol–water partition coefficient (Wildman–Crippen LogP) is 4.13. The van der Waals surface area contributed by atoms with E-state index in [0.29, 0.717) is 54.0 Å². The minimum Gasteiger partial charge on any atom is -0.497 e. The molecule has 0 saturated heterocycles. The summed E-state index contributed by atoms with van der Waals surface area (Å²) >= 11 is 0. The van der Waals surface area contributed by atoms with Crippen LogP contribution in [-0.4, -0.2) is 57.0 Å². The number of hydrogen-bond donors (Lipinski definition) is 3. The first-order valence-corrected chi connectivity index (χ1v) is 13.6. The Morgan fingerprint density at radius 2 is 1.76 bits per heavy atom. The van der Waals surface area contributed by atoms with Crippen LogP contribution in [0.2, 0.25) is 0 Å². The molecule has 10 heteroatoms. The van der Waals surface area contributed by atoms with Crippen LogP contribution in [0.15, 0.2) is 84.4 Å². The first-order chi connectivity index (χ1) is 20.5. The van der Waals surface area contributed by atoms with E-state index in [1.165, 1.54) is 0 Å². The summed E-state index contributed by atoms with van der Waals surface area (Å²) < 4.78 is 28.3. The lowest BCUT2D eigenvalue weighted by atomic mass is 9.84. The molecule has 0 unspecified atom stereocenters. The van der Waals surface area contributed by atoms with Crippen LogP contribution in [0.25, 0.3) is 0 Å². The monoisotopic (exact) mass is 575 g/mol. The molecule has 42 heavy (non-hydrogen) atoms. The fourth-order valence-electron chi connectivity index (χ4n) is 4.67. The molecule has 222 valence electrons. The van der Waals surface area contributed by atoms with Crippen molar-refractivity contribution in [2.24, 2.45) is 4.99 Å². The molecule has 0 bridgehead atoms. The topological polar surface area (TPSA) is 120 Å². The first kappa shape index (κ1) is 30.4. The Labute approximate surface area is 245 Å². The summed E-state index contributed by atoms with van der Waals surface area (Å²) in [4.78, 5) is 18.9. The molecular weight excluding hydrogens is 538 g/mol. The molecule has 3 aromatic carbocycles. The van der Waals surface area contributed by atoms with Gasteiger partial charge in [-0.05, 0) is 48.0 Å². The molecule has 0 aromatic heterocycles. The van der Waals surface area contributed by atoms with Gasteiger partial charge in [0.15, 0.2) is 11.6 Å². The van der Waals surface area contributed by atoms with Gasteiger partial charge in [0, 0.05) is 43.2 Å². The highest BCUT2D eigenvalue weighted by Crippen LogP contribution is 2.43. The van der Waals surface area contributed by atoms with Crippen molar-refractivity contribution in [2.75, 3.05) is 34.5 Å². The summed E-state index contributed by atoms with van der Waals surface area (Å²) in [6, 6.07) is 20.1. The van der Waals surface area contributed by atoms with Crippen molar-refractivity contribution in [1.82, 2.24) is 10.9 Å². The van der Waals surface area contributed by atoms with Gasteiger partial charge >= 0.3 is 0 Å². The highest BCUT2D eigenvalue weighted by atomic mass is 16.5. The summed E-state index contributed by atoms with van der Waals surface area (Å²) in [6.07, 6.45) is 1.64. The lowest BCUT2D eigenvalue weighted by molar-refractivity contribution is -0.129. The van der Waals surface area contributed by atoms with Gasteiger partial charge in [-0.2, -0.15) is 0 Å². The van der Waals surface area contributed by atoms with Crippen LogP contribution in [0, 0.1) is 0 Å². The van der Waals surface area contributed by atoms with Crippen LogP contribution in [0.1, 0.15) is 35.6 Å². The van der Waals surface area contributed by atoms with Gasteiger partial charge in [-0.25, -0.2) is 10.4 Å². The molecule has 0 saturated carbocycles. The fourth-order valence-corrected chi connectivity index (χ4v) is 4.67. The first-order valence-electron chi connectivity index (χ1n) is 13.6. The quantitative estimate of drug-likeness (QED) is 0.141. The van der Waals surface area contributed by atoms with Gasteiger partial charge in [-0.3, -0.25) is 10.2 Å². The number of amides is 1. The Bertz CT molecular complexity index is 1390. The van der Waals surface area contributed by atoms with Crippen LogP contribution < -0.4 is 29.8 Å². The van der Waals surface area contributed by atoms with E-state index < -0.39 is 11.6 Å². The Hall–Kier alpha value is -4.54. The maximum atomic E-state index is 14.0. The van der Waals surface area contributed by atoms with E-state index in [0.717, 1.165) is 11.1 Å². The highest BCUT2D eigenvalue weighted by Gasteiger charge is 2.52. The molecule has 2 atom stereocenters. The van der Waals surface area contributed by atoms with Crippen molar-refractivity contribution < 1.29 is 33.6 Å². The Morgan fingerprint density at radius 3 is 2.45 bits per heavy atom. The van der Waals surface area contributed by atoms with E-state index in [-0.39, 0.29) is 18.9 Å². The summed E-state index contributed by atoms with van der Waals surface area (Å²) in [5, 5.41) is 9.00. The number of carbonyl (C=O) groups excluding carboxylic acids is 1. The normalized spacial score (nSPS) is 17.5. The average Bonchev–Trinajstić information content (AvgIpc) is 3.42. The molecule has 1 aliphatic rings. The number of aliphatic imine (C=N–C) groups is 1. The van der Waals surface area contributed by atoms with E-state index in [1.54, 1.807) is 45.6 Å². The third kappa shape index (κ3) is 6.84. The van der Waals surface area contributed by atoms with Crippen molar-refractivity contribution in [3.63, 3.8) is 0 Å². The average molecular weight is 576 g/mol. The molecule has 0 radical (unpaired) electrons. The Balaban J connectivity index is 1.62. The molecule has 1 aliphatic heterocycles. The van der Waals surface area contributed by atoms with Crippen molar-refractivity contribution in [1.29, 1.82) is 0 Å². The molecule has 4 rings (SSSR count). The summed E-state index contributed by atoms with van der Waals surface area (Å²) in [7, 11) is 4.75. The molecular formula is C32H37N3O7. The zero-order valence-electron chi connectivity index (χ0n) is 24.1. The minimum absolute atomic E-state index is 0.0599. The number of ether oxygens (including phenoxy) is 5. The smallest absolute Gasteiger partial charge is 0.266 e. The second-order valence-corrected chi connectivity index (χ2v) is 9.54. The number of carbonyl (C=O) groups is 1. The van der Waals surface area contributed by atoms with Gasteiger partial charge in [0.05, 0.1) is 27.9 Å². The van der Waals surface area contributed by atoms with E-state index in [1.807, 2.05) is 48.5 Å². The Morgan fingerprint density at radius 1 is 1.02 bits per heavy atom. The van der Waals surface area contributed by atoms with Crippen LogP contribution in [0.4, 0.5) is 0 Å². The van der Waals surface area contributed by atoms with Gasteiger partial charge in [0.25, 0.3) is 5.91 Å². The van der Waals surface area contributed by atoms with Crippen LogP contribution in [0.3, 0.4) is 0 Å². The summed E-state index contributed by atoms with van der Waals surface area (Å²) in [6.45, 7) is 4.67. The van der Waals surface area contributed by atoms with Crippen molar-refractivity contribution in [2.45, 2.75) is 31.0 Å². The number of aliphatic hydroxyl groups is 1. The van der Waals surface area contributed by atoms with Gasteiger partial charge in [0.1, 0.15) is 23.0 Å². The van der Waals surface area contributed by atoms with Crippen molar-refractivity contribution in [3.05, 3.63) is 96.1 Å². The van der Waals surface area contributed by atoms with Gasteiger partial charge in [0.2, 0.25) is 5.90 Å². The fraction of sp³-hybridized carbons (Fsp3) is 0.312. The number of nitrogens with zero attached hydrogens (tertiary/aromatic N) is 1. The zero-order chi connectivity index (χ0) is 30.0. The minimum atomic E-state index is -1.36. The van der Waals surface area contributed by atoms with E-state index in [9.17, 15) is 4.79 Å². The van der Waals surface area contributed by atoms with Gasteiger partial charge in [-0.15, -0.1) is 6.58 Å². The third-order valence-electron chi connectivity index (χ3n) is 6.86. The molecule has 10 nitrogen and oxygen atoms in total. The maximum Gasteiger partial charge on any atom is 0.266 e. The number of hydrogen-bond acceptors (Lipinski definition) is 9. The molecule has 1 amide bonds. The second-order valence-electron chi connectivity index (χ2n) is 9.54.